The molecule has 6 nitrogen and oxygen atoms in total. The van der Waals surface area contributed by atoms with Gasteiger partial charge in [0, 0.05) is 0 Å². The number of aromatic carboxylic acids is 1. The van der Waals surface area contributed by atoms with Crippen LogP contribution in [-0.4, -0.2) is 29.8 Å². The van der Waals surface area contributed by atoms with E-state index in [4.69, 9.17) is 9.84 Å². The first-order valence-corrected chi connectivity index (χ1v) is 7.31. The largest absolute Gasteiger partial charge is 0.483 e. The monoisotopic (exact) mass is 326 g/mol. The van der Waals surface area contributed by atoms with Gasteiger partial charge in [0.1, 0.15) is 5.75 Å². The van der Waals surface area contributed by atoms with Crippen LogP contribution in [0.2, 0.25) is 0 Å². The van der Waals surface area contributed by atoms with Crippen molar-refractivity contribution in [2.75, 3.05) is 6.61 Å². The summed E-state index contributed by atoms with van der Waals surface area (Å²) in [7, 11) is 0. The van der Waals surface area contributed by atoms with Gasteiger partial charge >= 0.3 is 5.97 Å². The van der Waals surface area contributed by atoms with E-state index in [2.05, 4.69) is 10.5 Å². The predicted octanol–water partition coefficient (Wildman–Crippen LogP) is 2.53. The third-order valence-electron chi connectivity index (χ3n) is 3.26. The van der Waals surface area contributed by atoms with E-state index < -0.39 is 5.97 Å². The first-order chi connectivity index (χ1) is 11.5. The van der Waals surface area contributed by atoms with Gasteiger partial charge < -0.3 is 9.84 Å². The summed E-state index contributed by atoms with van der Waals surface area (Å²) in [6.07, 6.45) is 1.43. The predicted molar refractivity (Wildman–Crippen MR) is 90.5 cm³/mol. The van der Waals surface area contributed by atoms with Crippen LogP contribution in [0.25, 0.3) is 0 Å². The molecule has 2 rings (SSSR count). The van der Waals surface area contributed by atoms with E-state index in [1.54, 1.807) is 12.1 Å². The van der Waals surface area contributed by atoms with Crippen molar-refractivity contribution < 1.29 is 19.4 Å². The standard InChI is InChI=1S/C18H18N2O4/c1-12-3-4-13(2)16(9-12)24-11-17(21)20-19-10-14-5-7-15(8-6-14)18(22)23/h3-10H,11H2,1-2H3,(H,20,21)(H,22,23). The molecule has 0 aliphatic heterocycles. The molecular formula is C18H18N2O4. The van der Waals surface area contributed by atoms with Gasteiger partial charge in [0.05, 0.1) is 11.8 Å². The van der Waals surface area contributed by atoms with Crippen LogP contribution in [0.4, 0.5) is 0 Å². The van der Waals surface area contributed by atoms with Gasteiger partial charge in [-0.25, -0.2) is 10.2 Å². The average Bonchev–Trinajstić information content (AvgIpc) is 2.56. The maximum absolute atomic E-state index is 11.7. The lowest BCUT2D eigenvalue weighted by molar-refractivity contribution is -0.123. The third kappa shape index (κ3) is 4.95. The molecule has 0 saturated carbocycles. The van der Waals surface area contributed by atoms with Gasteiger partial charge in [-0.2, -0.15) is 5.10 Å². The number of hydrogen-bond acceptors (Lipinski definition) is 4. The van der Waals surface area contributed by atoms with Crippen LogP contribution in [0, 0.1) is 13.8 Å². The lowest BCUT2D eigenvalue weighted by Crippen LogP contribution is -2.24. The summed E-state index contributed by atoms with van der Waals surface area (Å²) in [4.78, 5) is 22.5. The fraction of sp³-hybridized carbons (Fsp3) is 0.167. The average molecular weight is 326 g/mol. The van der Waals surface area contributed by atoms with E-state index >= 15 is 0 Å². The van der Waals surface area contributed by atoms with Crippen molar-refractivity contribution in [1.82, 2.24) is 5.43 Å². The highest BCUT2D eigenvalue weighted by Crippen LogP contribution is 2.18. The molecule has 2 N–H and O–H groups in total. The van der Waals surface area contributed by atoms with E-state index in [9.17, 15) is 9.59 Å². The van der Waals surface area contributed by atoms with Crippen LogP contribution in [0.15, 0.2) is 47.6 Å². The number of carbonyl (C=O) groups is 2. The van der Waals surface area contributed by atoms with Crippen molar-refractivity contribution >= 4 is 18.1 Å². The lowest BCUT2D eigenvalue weighted by Gasteiger charge is -2.08. The Morgan fingerprint density at radius 2 is 1.88 bits per heavy atom. The van der Waals surface area contributed by atoms with E-state index in [1.165, 1.54) is 18.3 Å². The summed E-state index contributed by atoms with van der Waals surface area (Å²) in [6.45, 7) is 3.72. The number of aryl methyl sites for hydroxylation is 2. The molecule has 0 saturated heterocycles. The Morgan fingerprint density at radius 1 is 1.17 bits per heavy atom. The van der Waals surface area contributed by atoms with E-state index in [-0.39, 0.29) is 18.1 Å². The number of carboxylic acids is 1. The third-order valence-corrected chi connectivity index (χ3v) is 3.26. The quantitative estimate of drug-likeness (QED) is 0.631. The Kier molecular flexibility index (Phi) is 5.68. The smallest absolute Gasteiger partial charge is 0.335 e. The van der Waals surface area contributed by atoms with E-state index in [1.807, 2.05) is 32.0 Å². The first-order valence-electron chi connectivity index (χ1n) is 7.31. The zero-order valence-corrected chi connectivity index (χ0v) is 13.4. The molecule has 1 amide bonds. The molecule has 24 heavy (non-hydrogen) atoms. The highest BCUT2D eigenvalue weighted by molar-refractivity contribution is 5.89. The topological polar surface area (TPSA) is 88.0 Å². The first kappa shape index (κ1) is 17.2. The molecule has 0 radical (unpaired) electrons. The molecule has 0 bridgehead atoms. The molecule has 6 heteroatoms. The number of hydrogen-bond donors (Lipinski definition) is 2. The number of nitrogens with zero attached hydrogens (tertiary/aromatic N) is 1. The zero-order valence-electron chi connectivity index (χ0n) is 13.4. The van der Waals surface area contributed by atoms with Gasteiger partial charge in [0.15, 0.2) is 6.61 Å². The van der Waals surface area contributed by atoms with Crippen LogP contribution < -0.4 is 10.2 Å². The Hall–Kier alpha value is -3.15. The number of carboxylic acid groups (broad SMARTS) is 1. The number of carbonyl (C=O) groups excluding carboxylic acids is 1. The molecule has 0 spiro atoms. The SMILES string of the molecule is Cc1ccc(C)c(OCC(=O)NN=Cc2ccc(C(=O)O)cc2)c1. The normalized spacial score (nSPS) is 10.6. The van der Waals surface area contributed by atoms with Crippen molar-refractivity contribution in [3.05, 3.63) is 64.7 Å². The number of nitrogens with one attached hydrogen (secondary N) is 1. The fourth-order valence-electron chi connectivity index (χ4n) is 1.93. The van der Waals surface area contributed by atoms with Crippen LogP contribution in [-0.2, 0) is 4.79 Å². The van der Waals surface area contributed by atoms with Gasteiger partial charge in [-0.05, 0) is 48.7 Å². The minimum atomic E-state index is -0.990. The molecule has 124 valence electrons. The summed E-state index contributed by atoms with van der Waals surface area (Å²) in [6, 6.07) is 11.9. The molecule has 0 aliphatic carbocycles. The number of amides is 1. The van der Waals surface area contributed by atoms with Crippen molar-refractivity contribution in [3.63, 3.8) is 0 Å². The number of rotatable bonds is 6. The van der Waals surface area contributed by atoms with Crippen LogP contribution >= 0.6 is 0 Å². The minimum absolute atomic E-state index is 0.139. The van der Waals surface area contributed by atoms with Gasteiger partial charge in [0.25, 0.3) is 5.91 Å². The summed E-state index contributed by atoms with van der Waals surface area (Å²) < 4.78 is 5.47. The lowest BCUT2D eigenvalue weighted by atomic mass is 10.1. The molecule has 0 heterocycles. The van der Waals surface area contributed by atoms with Crippen LogP contribution in [0.5, 0.6) is 5.75 Å². The highest BCUT2D eigenvalue weighted by atomic mass is 16.5. The Bertz CT molecular complexity index is 767. The maximum atomic E-state index is 11.7. The molecule has 0 atom stereocenters. The van der Waals surface area contributed by atoms with E-state index in [0.29, 0.717) is 11.3 Å². The second-order valence-electron chi connectivity index (χ2n) is 5.28. The molecule has 2 aromatic carbocycles. The van der Waals surface area contributed by atoms with E-state index in [0.717, 1.165) is 11.1 Å². The Labute approximate surface area is 139 Å². The number of benzene rings is 2. The number of ether oxygens (including phenoxy) is 1. The minimum Gasteiger partial charge on any atom is -0.483 e. The molecule has 0 aliphatic rings. The van der Waals surface area contributed by atoms with Crippen molar-refractivity contribution in [2.24, 2.45) is 5.10 Å². The Balaban J connectivity index is 1.84. The van der Waals surface area contributed by atoms with Crippen molar-refractivity contribution in [3.8, 4) is 5.75 Å². The van der Waals surface area contributed by atoms with Gasteiger partial charge in [-0.1, -0.05) is 24.3 Å². The van der Waals surface area contributed by atoms with Crippen LogP contribution in [0.3, 0.4) is 0 Å². The van der Waals surface area contributed by atoms with Crippen LogP contribution in [0.1, 0.15) is 27.0 Å². The summed E-state index contributed by atoms with van der Waals surface area (Å²) in [5.74, 6) is -0.705. The second kappa shape index (κ2) is 7.92. The Morgan fingerprint density at radius 3 is 2.54 bits per heavy atom. The van der Waals surface area contributed by atoms with Crippen molar-refractivity contribution in [2.45, 2.75) is 13.8 Å². The number of hydrazone groups is 1. The van der Waals surface area contributed by atoms with Gasteiger partial charge in [-0.15, -0.1) is 0 Å². The summed E-state index contributed by atoms with van der Waals surface area (Å²) in [5, 5.41) is 12.6. The molecule has 0 unspecified atom stereocenters. The molecule has 0 aromatic heterocycles. The van der Waals surface area contributed by atoms with Crippen molar-refractivity contribution in [1.29, 1.82) is 0 Å². The fourth-order valence-corrected chi connectivity index (χ4v) is 1.93. The molecule has 0 fully saturated rings. The highest BCUT2D eigenvalue weighted by Gasteiger charge is 2.04. The maximum Gasteiger partial charge on any atom is 0.335 e. The molecular weight excluding hydrogens is 308 g/mol. The summed E-state index contributed by atoms with van der Waals surface area (Å²) in [5.41, 5.74) is 5.24. The zero-order chi connectivity index (χ0) is 17.5. The van der Waals surface area contributed by atoms with Gasteiger partial charge in [0.2, 0.25) is 0 Å². The van der Waals surface area contributed by atoms with Gasteiger partial charge in [-0.3, -0.25) is 4.79 Å². The second-order valence-corrected chi connectivity index (χ2v) is 5.28. The summed E-state index contributed by atoms with van der Waals surface area (Å²) >= 11 is 0. The molecule has 2 aromatic rings.